The van der Waals surface area contributed by atoms with Crippen LogP contribution in [-0.2, 0) is 21.2 Å². The largest absolute Gasteiger partial charge is 0.481 e. The lowest BCUT2D eigenvalue weighted by Gasteiger charge is -2.20. The zero-order valence-corrected chi connectivity index (χ0v) is 13.5. The summed E-state index contributed by atoms with van der Waals surface area (Å²) >= 11 is 1.03. The molecule has 118 valence electrons. The topological polar surface area (TPSA) is 83.5 Å². The van der Waals surface area contributed by atoms with Gasteiger partial charge in [0.05, 0.1) is 6.42 Å². The van der Waals surface area contributed by atoms with Gasteiger partial charge in [-0.3, -0.25) is 4.79 Å². The minimum absolute atomic E-state index is 0.000300. The lowest BCUT2D eigenvalue weighted by atomic mass is 9.97. The summed E-state index contributed by atoms with van der Waals surface area (Å²) < 4.78 is 27.7. The first-order chi connectivity index (χ1) is 9.97. The van der Waals surface area contributed by atoms with E-state index in [0.717, 1.165) is 37.0 Å². The highest BCUT2D eigenvalue weighted by molar-refractivity contribution is 7.91. The molecule has 0 unspecified atom stereocenters. The third-order valence-corrected chi connectivity index (χ3v) is 6.75. The van der Waals surface area contributed by atoms with Gasteiger partial charge in [0.1, 0.15) is 4.21 Å². The van der Waals surface area contributed by atoms with E-state index in [0.29, 0.717) is 4.88 Å². The number of sulfonamides is 1. The van der Waals surface area contributed by atoms with E-state index in [4.69, 9.17) is 5.11 Å². The van der Waals surface area contributed by atoms with Crippen LogP contribution in [0.1, 0.15) is 49.8 Å². The Morgan fingerprint density at radius 1 is 1.19 bits per heavy atom. The fraction of sp³-hybridized carbons (Fsp3) is 0.643. The number of hydrogen-bond donors (Lipinski definition) is 2. The fourth-order valence-corrected chi connectivity index (χ4v) is 5.27. The molecular weight excluding hydrogens is 310 g/mol. The second kappa shape index (κ2) is 7.38. The molecule has 5 nitrogen and oxygen atoms in total. The summed E-state index contributed by atoms with van der Waals surface area (Å²) in [5, 5.41) is 8.74. The lowest BCUT2D eigenvalue weighted by molar-refractivity contribution is -0.136. The Balaban J connectivity index is 2.02. The number of rotatable bonds is 5. The summed E-state index contributed by atoms with van der Waals surface area (Å²) in [6, 6.07) is 3.07. The number of carboxylic acids is 1. The van der Waals surface area contributed by atoms with E-state index in [1.807, 2.05) is 0 Å². The van der Waals surface area contributed by atoms with Crippen LogP contribution in [0.2, 0.25) is 0 Å². The summed E-state index contributed by atoms with van der Waals surface area (Å²) in [6.07, 6.45) is 7.31. The molecule has 0 bridgehead atoms. The number of carbonyl (C=O) groups is 1. The maximum absolute atomic E-state index is 12.3. The van der Waals surface area contributed by atoms with E-state index in [9.17, 15) is 13.2 Å². The van der Waals surface area contributed by atoms with Crippen LogP contribution < -0.4 is 4.72 Å². The van der Waals surface area contributed by atoms with Crippen LogP contribution in [0.25, 0.3) is 0 Å². The smallest absolute Gasteiger partial charge is 0.308 e. The molecule has 0 spiro atoms. The molecule has 1 fully saturated rings. The Bertz CT molecular complexity index is 572. The predicted molar refractivity (Wildman–Crippen MR) is 82.1 cm³/mol. The highest BCUT2D eigenvalue weighted by Gasteiger charge is 2.22. The van der Waals surface area contributed by atoms with Crippen molar-refractivity contribution in [2.75, 3.05) is 0 Å². The summed E-state index contributed by atoms with van der Waals surface area (Å²) in [5.41, 5.74) is 0. The third-order valence-electron chi connectivity index (χ3n) is 3.65. The normalized spacial score (nSPS) is 18.1. The van der Waals surface area contributed by atoms with Gasteiger partial charge in [0.2, 0.25) is 10.0 Å². The average Bonchev–Trinajstić information content (AvgIpc) is 2.80. The lowest BCUT2D eigenvalue weighted by Crippen LogP contribution is -2.34. The summed E-state index contributed by atoms with van der Waals surface area (Å²) in [6.45, 7) is 0. The molecule has 21 heavy (non-hydrogen) atoms. The van der Waals surface area contributed by atoms with Crippen molar-refractivity contribution in [1.29, 1.82) is 0 Å². The molecule has 1 aromatic rings. The SMILES string of the molecule is O=C(O)Cc1ccc(S(=O)(=O)NC2CCCCCCC2)s1. The fourth-order valence-electron chi connectivity index (χ4n) is 2.60. The van der Waals surface area contributed by atoms with Gasteiger partial charge in [0.15, 0.2) is 0 Å². The molecule has 7 heteroatoms. The predicted octanol–water partition coefficient (Wildman–Crippen LogP) is 2.77. The quantitative estimate of drug-likeness (QED) is 0.869. The van der Waals surface area contributed by atoms with Crippen molar-refractivity contribution in [3.05, 3.63) is 17.0 Å². The van der Waals surface area contributed by atoms with E-state index >= 15 is 0 Å². The monoisotopic (exact) mass is 331 g/mol. The number of aliphatic carboxylic acids is 1. The summed E-state index contributed by atoms with van der Waals surface area (Å²) in [5.74, 6) is -0.950. The van der Waals surface area contributed by atoms with Crippen LogP contribution in [0.4, 0.5) is 0 Å². The highest BCUT2D eigenvalue weighted by Crippen LogP contribution is 2.24. The third kappa shape index (κ3) is 5.09. The van der Waals surface area contributed by atoms with Crippen molar-refractivity contribution in [3.8, 4) is 0 Å². The zero-order valence-electron chi connectivity index (χ0n) is 11.9. The molecule has 0 radical (unpaired) electrons. The first-order valence-electron chi connectivity index (χ1n) is 7.30. The molecule has 1 aliphatic rings. The molecule has 1 heterocycles. The standard InChI is InChI=1S/C14H21NO4S2/c16-13(17)10-12-8-9-14(20-12)21(18,19)15-11-6-4-2-1-3-5-7-11/h8-9,11,15H,1-7,10H2,(H,16,17). The number of hydrogen-bond acceptors (Lipinski definition) is 4. The first-order valence-corrected chi connectivity index (χ1v) is 9.60. The van der Waals surface area contributed by atoms with E-state index in [-0.39, 0.29) is 16.7 Å². The Morgan fingerprint density at radius 2 is 1.81 bits per heavy atom. The average molecular weight is 331 g/mol. The van der Waals surface area contributed by atoms with E-state index in [1.54, 1.807) is 6.07 Å². The Kier molecular flexibility index (Phi) is 5.78. The van der Waals surface area contributed by atoms with Gasteiger partial charge in [-0.15, -0.1) is 11.3 Å². The van der Waals surface area contributed by atoms with Crippen molar-refractivity contribution in [1.82, 2.24) is 4.72 Å². The second-order valence-corrected chi connectivity index (χ2v) is 8.56. The van der Waals surface area contributed by atoms with Gasteiger partial charge in [-0.25, -0.2) is 13.1 Å². The Labute approximate surface area is 129 Å². The van der Waals surface area contributed by atoms with Crippen molar-refractivity contribution in [2.24, 2.45) is 0 Å². The molecule has 2 rings (SSSR count). The van der Waals surface area contributed by atoms with E-state index in [2.05, 4.69) is 4.72 Å². The second-order valence-electron chi connectivity index (χ2n) is 5.45. The van der Waals surface area contributed by atoms with Gasteiger partial charge in [0, 0.05) is 10.9 Å². The number of carboxylic acid groups (broad SMARTS) is 1. The summed E-state index contributed by atoms with van der Waals surface area (Å²) in [4.78, 5) is 11.2. The molecule has 0 aromatic carbocycles. The van der Waals surface area contributed by atoms with Crippen LogP contribution in [-0.4, -0.2) is 25.5 Å². The maximum Gasteiger partial charge on any atom is 0.308 e. The van der Waals surface area contributed by atoms with Crippen molar-refractivity contribution >= 4 is 27.3 Å². The minimum Gasteiger partial charge on any atom is -0.481 e. The van der Waals surface area contributed by atoms with Gasteiger partial charge in [-0.1, -0.05) is 32.1 Å². The Hall–Kier alpha value is -0.920. The molecular formula is C14H21NO4S2. The van der Waals surface area contributed by atoms with Crippen LogP contribution in [0.5, 0.6) is 0 Å². The van der Waals surface area contributed by atoms with Crippen molar-refractivity contribution < 1.29 is 18.3 Å². The van der Waals surface area contributed by atoms with Gasteiger partial charge in [-0.05, 0) is 25.0 Å². The van der Waals surface area contributed by atoms with Crippen molar-refractivity contribution in [2.45, 2.75) is 61.6 Å². The maximum atomic E-state index is 12.3. The zero-order chi connectivity index (χ0) is 15.3. The molecule has 1 aliphatic carbocycles. The molecule has 0 amide bonds. The van der Waals surface area contributed by atoms with E-state index < -0.39 is 16.0 Å². The first kappa shape index (κ1) is 16.5. The molecule has 1 saturated carbocycles. The van der Waals surface area contributed by atoms with E-state index in [1.165, 1.54) is 25.3 Å². The van der Waals surface area contributed by atoms with Crippen molar-refractivity contribution in [3.63, 3.8) is 0 Å². The molecule has 0 saturated heterocycles. The molecule has 0 atom stereocenters. The Morgan fingerprint density at radius 3 is 2.43 bits per heavy atom. The highest BCUT2D eigenvalue weighted by atomic mass is 32.2. The van der Waals surface area contributed by atoms with Crippen LogP contribution >= 0.6 is 11.3 Å². The molecule has 0 aliphatic heterocycles. The summed E-state index contributed by atoms with van der Waals surface area (Å²) in [7, 11) is -3.53. The molecule has 2 N–H and O–H groups in total. The number of thiophene rings is 1. The molecule has 1 aromatic heterocycles. The van der Waals surface area contributed by atoms with Crippen LogP contribution in [0, 0.1) is 0 Å². The van der Waals surface area contributed by atoms with Crippen LogP contribution in [0.3, 0.4) is 0 Å². The van der Waals surface area contributed by atoms with Gasteiger partial charge in [-0.2, -0.15) is 0 Å². The van der Waals surface area contributed by atoms with Gasteiger partial charge >= 0.3 is 5.97 Å². The van der Waals surface area contributed by atoms with Crippen LogP contribution in [0.15, 0.2) is 16.3 Å². The van der Waals surface area contributed by atoms with Gasteiger partial charge in [0.25, 0.3) is 0 Å². The van der Waals surface area contributed by atoms with Gasteiger partial charge < -0.3 is 5.11 Å². The number of nitrogens with one attached hydrogen (secondary N) is 1. The minimum atomic E-state index is -3.53.